The zero-order chi connectivity index (χ0) is 13.0. The lowest BCUT2D eigenvalue weighted by molar-refractivity contribution is 0.350. The molecule has 0 fully saturated rings. The summed E-state index contributed by atoms with van der Waals surface area (Å²) in [4.78, 5) is 12.6. The fourth-order valence-electron chi connectivity index (χ4n) is 1.51. The number of rotatable bonds is 2. The molecule has 0 unspecified atom stereocenters. The minimum absolute atomic E-state index is 0.130. The maximum absolute atomic E-state index is 11.7. The molecule has 0 aliphatic heterocycles. The van der Waals surface area contributed by atoms with E-state index in [-0.39, 0.29) is 12.2 Å². The predicted octanol–water partition coefficient (Wildman–Crippen LogP) is 1.01. The second kappa shape index (κ2) is 5.63. The van der Waals surface area contributed by atoms with Gasteiger partial charge < -0.3 is 5.11 Å². The van der Waals surface area contributed by atoms with Crippen LogP contribution in [0, 0.1) is 18.8 Å². The van der Waals surface area contributed by atoms with Gasteiger partial charge in [0.05, 0.1) is 12.2 Å². The highest BCUT2D eigenvalue weighted by Crippen LogP contribution is 2.16. The largest absolute Gasteiger partial charge is 0.384 e. The molecule has 0 spiro atoms. The zero-order valence-corrected chi connectivity index (χ0v) is 10.7. The van der Waals surface area contributed by atoms with Crippen LogP contribution in [0.15, 0.2) is 28.4 Å². The Hall–Kier alpha value is -1.90. The Labute approximate surface area is 109 Å². The summed E-state index contributed by atoms with van der Waals surface area (Å²) in [7, 11) is 0. The predicted molar refractivity (Wildman–Crippen MR) is 70.6 cm³/mol. The molecule has 0 aliphatic carbocycles. The second-order valence-electron chi connectivity index (χ2n) is 3.69. The highest BCUT2D eigenvalue weighted by atomic mass is 32.1. The van der Waals surface area contributed by atoms with E-state index in [1.807, 2.05) is 18.4 Å². The fourth-order valence-corrected chi connectivity index (χ4v) is 2.32. The van der Waals surface area contributed by atoms with Gasteiger partial charge in [-0.15, -0.1) is 11.3 Å². The van der Waals surface area contributed by atoms with Crippen molar-refractivity contribution in [2.75, 3.05) is 6.61 Å². The molecule has 2 rings (SSSR count). The van der Waals surface area contributed by atoms with Crippen LogP contribution in [-0.4, -0.2) is 21.5 Å². The van der Waals surface area contributed by atoms with Crippen molar-refractivity contribution < 1.29 is 5.11 Å². The number of hydrogen-bond donors (Lipinski definition) is 1. The molecule has 0 atom stereocenters. The van der Waals surface area contributed by atoms with Gasteiger partial charge in [-0.25, -0.2) is 4.68 Å². The van der Waals surface area contributed by atoms with Crippen molar-refractivity contribution in [2.45, 2.75) is 13.5 Å². The van der Waals surface area contributed by atoms with Gasteiger partial charge in [-0.3, -0.25) is 4.79 Å². The summed E-state index contributed by atoms with van der Waals surface area (Å²) >= 11 is 1.53. The Balaban J connectivity index is 2.32. The van der Waals surface area contributed by atoms with Gasteiger partial charge in [-0.1, -0.05) is 11.8 Å². The summed E-state index contributed by atoms with van der Waals surface area (Å²) < 4.78 is 1.42. The van der Waals surface area contributed by atoms with Gasteiger partial charge in [0.25, 0.3) is 5.56 Å². The molecular formula is C13H12N2O2S. The molecule has 0 saturated carbocycles. The first-order valence-corrected chi connectivity index (χ1v) is 6.29. The normalized spacial score (nSPS) is 9.89. The Morgan fingerprint density at radius 2 is 2.28 bits per heavy atom. The Bertz CT molecular complexity index is 661. The first kappa shape index (κ1) is 12.6. The Kier molecular flexibility index (Phi) is 3.92. The molecule has 2 heterocycles. The highest BCUT2D eigenvalue weighted by Gasteiger charge is 2.05. The van der Waals surface area contributed by atoms with E-state index in [0.717, 1.165) is 16.1 Å². The van der Waals surface area contributed by atoms with Crippen LogP contribution in [0.4, 0.5) is 0 Å². The Morgan fingerprint density at radius 1 is 1.44 bits per heavy atom. The third-order valence-corrected chi connectivity index (χ3v) is 3.25. The van der Waals surface area contributed by atoms with Crippen LogP contribution in [-0.2, 0) is 6.54 Å². The smallest absolute Gasteiger partial charge is 0.267 e. The topological polar surface area (TPSA) is 55.1 Å². The highest BCUT2D eigenvalue weighted by molar-refractivity contribution is 7.10. The lowest BCUT2D eigenvalue weighted by atomic mass is 10.2. The van der Waals surface area contributed by atoms with E-state index in [1.54, 1.807) is 6.07 Å². The summed E-state index contributed by atoms with van der Waals surface area (Å²) in [5.41, 5.74) is 1.51. The number of aliphatic hydroxyl groups excluding tert-OH is 1. The van der Waals surface area contributed by atoms with Gasteiger partial charge >= 0.3 is 0 Å². The second-order valence-corrected chi connectivity index (χ2v) is 4.69. The summed E-state index contributed by atoms with van der Waals surface area (Å²) in [5.74, 6) is 5.47. The third kappa shape index (κ3) is 2.86. The SMILES string of the molecule is Cc1ccc(=O)n(Cc2sccc2C#CCO)n1. The molecular weight excluding hydrogens is 248 g/mol. The molecule has 0 aliphatic rings. The number of nitrogens with zero attached hydrogens (tertiary/aromatic N) is 2. The van der Waals surface area contributed by atoms with E-state index in [2.05, 4.69) is 16.9 Å². The standard InChI is InChI=1S/C13H12N2O2S/c1-10-4-5-13(17)15(14-10)9-12-11(3-2-7-16)6-8-18-12/h4-6,8,16H,7,9H2,1H3. The summed E-state index contributed by atoms with van der Waals surface area (Å²) in [5, 5.41) is 14.8. The molecule has 0 aromatic carbocycles. The molecule has 92 valence electrons. The van der Waals surface area contributed by atoms with Gasteiger partial charge in [0.15, 0.2) is 0 Å². The number of thiophene rings is 1. The summed E-state index contributed by atoms with van der Waals surface area (Å²) in [6.07, 6.45) is 0. The number of aliphatic hydroxyl groups is 1. The van der Waals surface area contributed by atoms with Crippen molar-refractivity contribution in [3.05, 3.63) is 50.1 Å². The molecule has 18 heavy (non-hydrogen) atoms. The van der Waals surface area contributed by atoms with E-state index in [1.165, 1.54) is 22.1 Å². The molecule has 0 radical (unpaired) electrons. The van der Waals surface area contributed by atoms with Crippen molar-refractivity contribution in [3.63, 3.8) is 0 Å². The van der Waals surface area contributed by atoms with Crippen LogP contribution in [0.5, 0.6) is 0 Å². The first-order chi connectivity index (χ1) is 8.70. The van der Waals surface area contributed by atoms with Gasteiger partial charge in [-0.2, -0.15) is 5.10 Å². The molecule has 4 nitrogen and oxygen atoms in total. The van der Waals surface area contributed by atoms with E-state index >= 15 is 0 Å². The quantitative estimate of drug-likeness (QED) is 0.820. The summed E-state index contributed by atoms with van der Waals surface area (Å²) in [6.45, 7) is 2.09. The maximum atomic E-state index is 11.7. The van der Waals surface area contributed by atoms with Gasteiger partial charge in [0, 0.05) is 16.5 Å². The van der Waals surface area contributed by atoms with Crippen LogP contribution >= 0.6 is 11.3 Å². The number of aromatic nitrogens is 2. The molecule has 0 bridgehead atoms. The van der Waals surface area contributed by atoms with Gasteiger partial charge in [-0.05, 0) is 24.4 Å². The van der Waals surface area contributed by atoms with Crippen molar-refractivity contribution >= 4 is 11.3 Å². The fraction of sp³-hybridized carbons (Fsp3) is 0.231. The van der Waals surface area contributed by atoms with Crippen LogP contribution in [0.1, 0.15) is 16.1 Å². The average molecular weight is 260 g/mol. The van der Waals surface area contributed by atoms with E-state index in [0.29, 0.717) is 6.54 Å². The lowest BCUT2D eigenvalue weighted by Crippen LogP contribution is -2.22. The number of aryl methyl sites for hydroxylation is 1. The lowest BCUT2D eigenvalue weighted by Gasteiger charge is -2.03. The minimum Gasteiger partial charge on any atom is -0.384 e. The third-order valence-electron chi connectivity index (χ3n) is 2.34. The monoisotopic (exact) mass is 260 g/mol. The molecule has 2 aromatic heterocycles. The molecule has 0 saturated heterocycles. The van der Waals surface area contributed by atoms with Crippen molar-refractivity contribution in [2.24, 2.45) is 0 Å². The molecule has 2 aromatic rings. The van der Waals surface area contributed by atoms with E-state index in [9.17, 15) is 4.79 Å². The molecule has 1 N–H and O–H groups in total. The van der Waals surface area contributed by atoms with Crippen molar-refractivity contribution in [1.29, 1.82) is 0 Å². The Morgan fingerprint density at radius 3 is 3.06 bits per heavy atom. The zero-order valence-electron chi connectivity index (χ0n) is 9.88. The average Bonchev–Trinajstić information content (AvgIpc) is 2.79. The maximum Gasteiger partial charge on any atom is 0.267 e. The minimum atomic E-state index is -0.169. The molecule has 0 amide bonds. The van der Waals surface area contributed by atoms with Crippen LogP contribution < -0.4 is 5.56 Å². The van der Waals surface area contributed by atoms with Crippen LogP contribution in [0.2, 0.25) is 0 Å². The van der Waals surface area contributed by atoms with Crippen molar-refractivity contribution in [3.8, 4) is 11.8 Å². The van der Waals surface area contributed by atoms with E-state index < -0.39 is 0 Å². The van der Waals surface area contributed by atoms with Crippen molar-refractivity contribution in [1.82, 2.24) is 9.78 Å². The van der Waals surface area contributed by atoms with Gasteiger partial charge in [0.2, 0.25) is 0 Å². The van der Waals surface area contributed by atoms with Gasteiger partial charge in [0.1, 0.15) is 6.61 Å². The van der Waals surface area contributed by atoms with Crippen LogP contribution in [0.3, 0.4) is 0 Å². The molecule has 5 heteroatoms. The van der Waals surface area contributed by atoms with Crippen LogP contribution in [0.25, 0.3) is 0 Å². The van der Waals surface area contributed by atoms with E-state index in [4.69, 9.17) is 5.11 Å². The number of hydrogen-bond acceptors (Lipinski definition) is 4. The summed E-state index contributed by atoms with van der Waals surface area (Å²) in [6, 6.07) is 5.08. The first-order valence-electron chi connectivity index (χ1n) is 5.41.